The maximum Gasteiger partial charge on any atom is 0.344 e. The van der Waals surface area contributed by atoms with Crippen LogP contribution in [0.25, 0.3) is 0 Å². The minimum atomic E-state index is -0.481. The van der Waals surface area contributed by atoms with E-state index in [-0.39, 0.29) is 23.9 Å². The lowest BCUT2D eigenvalue weighted by atomic mass is 10.2. The molecule has 0 radical (unpaired) electrons. The summed E-state index contributed by atoms with van der Waals surface area (Å²) in [6, 6.07) is 6.57. The van der Waals surface area contributed by atoms with Crippen molar-refractivity contribution in [2.75, 3.05) is 20.3 Å². The van der Waals surface area contributed by atoms with Gasteiger partial charge in [-0.15, -0.1) is 0 Å². The van der Waals surface area contributed by atoms with E-state index in [2.05, 4.69) is 38.1 Å². The third kappa shape index (κ3) is 6.06. The number of hydrogen-bond donors (Lipinski definition) is 1. The monoisotopic (exact) mass is 517 g/mol. The van der Waals surface area contributed by atoms with Crippen LogP contribution in [0.4, 0.5) is 0 Å². The van der Waals surface area contributed by atoms with E-state index in [0.717, 1.165) is 0 Å². The number of nitrogens with zero attached hydrogens (tertiary/aromatic N) is 2. The molecule has 0 bridgehead atoms. The third-order valence-electron chi connectivity index (χ3n) is 3.27. The second kappa shape index (κ2) is 10.8. The second-order valence-electron chi connectivity index (χ2n) is 5.17. The summed E-state index contributed by atoms with van der Waals surface area (Å²) >= 11 is 7.93. The summed E-state index contributed by atoms with van der Waals surface area (Å²) < 4.78 is 16.4. The lowest BCUT2D eigenvalue weighted by molar-refractivity contribution is -0.145. The minimum absolute atomic E-state index is 0.0921. The van der Waals surface area contributed by atoms with Crippen molar-refractivity contribution in [1.82, 2.24) is 10.4 Å². The molecular weight excluding hydrogens is 501 g/mol. The molecule has 1 heterocycles. The summed E-state index contributed by atoms with van der Waals surface area (Å²) in [6.45, 7) is 1.77. The van der Waals surface area contributed by atoms with E-state index in [1.807, 2.05) is 0 Å². The van der Waals surface area contributed by atoms with Crippen LogP contribution in [0.5, 0.6) is 11.5 Å². The van der Waals surface area contributed by atoms with Crippen LogP contribution in [0.15, 0.2) is 35.6 Å². The number of methoxy groups -OCH3 is 1. The number of benzene rings is 1. The van der Waals surface area contributed by atoms with Crippen molar-refractivity contribution in [2.45, 2.75) is 6.92 Å². The van der Waals surface area contributed by atoms with Crippen LogP contribution >= 0.6 is 34.2 Å². The van der Waals surface area contributed by atoms with Crippen molar-refractivity contribution in [2.24, 2.45) is 5.10 Å². The highest BCUT2D eigenvalue weighted by Gasteiger charge is 2.14. The summed E-state index contributed by atoms with van der Waals surface area (Å²) in [5.74, 6) is -0.119. The van der Waals surface area contributed by atoms with Gasteiger partial charge in [0.15, 0.2) is 18.1 Å². The Bertz CT molecular complexity index is 892. The van der Waals surface area contributed by atoms with E-state index in [0.29, 0.717) is 20.6 Å². The van der Waals surface area contributed by atoms with Crippen LogP contribution in [0.2, 0.25) is 5.15 Å². The Morgan fingerprint density at radius 3 is 2.86 bits per heavy atom. The first-order valence-electron chi connectivity index (χ1n) is 8.06. The van der Waals surface area contributed by atoms with Gasteiger partial charge in [0.05, 0.1) is 29.1 Å². The highest BCUT2D eigenvalue weighted by atomic mass is 127. The zero-order chi connectivity index (χ0) is 20.5. The Hall–Kier alpha value is -2.40. The number of pyridine rings is 1. The molecule has 2 rings (SSSR count). The highest BCUT2D eigenvalue weighted by Crippen LogP contribution is 2.33. The molecular formula is C18H17ClIN3O5. The van der Waals surface area contributed by atoms with E-state index in [1.54, 1.807) is 31.2 Å². The largest absolute Gasteiger partial charge is 0.493 e. The third-order valence-corrected chi connectivity index (χ3v) is 4.38. The molecule has 0 aliphatic rings. The molecule has 1 aromatic carbocycles. The Labute approximate surface area is 180 Å². The number of hydrazone groups is 1. The molecule has 0 atom stereocenters. The Balaban J connectivity index is 2.09. The SMILES string of the molecule is CCOC(=O)COc1c(I)cc(C=NNC(=O)c2cccnc2Cl)cc1OC. The van der Waals surface area contributed by atoms with Gasteiger partial charge in [-0.05, 0) is 59.3 Å². The van der Waals surface area contributed by atoms with Crippen molar-refractivity contribution in [3.63, 3.8) is 0 Å². The maximum atomic E-state index is 12.1. The van der Waals surface area contributed by atoms with Gasteiger partial charge in [-0.25, -0.2) is 15.2 Å². The van der Waals surface area contributed by atoms with Crippen molar-refractivity contribution in [3.05, 3.63) is 50.3 Å². The smallest absolute Gasteiger partial charge is 0.344 e. The molecule has 148 valence electrons. The number of carbonyl (C=O) groups is 2. The maximum absolute atomic E-state index is 12.1. The molecule has 2 aromatic rings. The first-order chi connectivity index (χ1) is 13.5. The molecule has 8 nitrogen and oxygen atoms in total. The van der Waals surface area contributed by atoms with Gasteiger partial charge < -0.3 is 14.2 Å². The normalized spacial score (nSPS) is 10.6. The zero-order valence-electron chi connectivity index (χ0n) is 15.1. The van der Waals surface area contributed by atoms with Gasteiger partial charge in [0.25, 0.3) is 5.91 Å². The quantitative estimate of drug-likeness (QED) is 0.190. The second-order valence-corrected chi connectivity index (χ2v) is 6.69. The molecule has 0 saturated heterocycles. The zero-order valence-corrected chi connectivity index (χ0v) is 18.0. The van der Waals surface area contributed by atoms with Crippen LogP contribution in [0, 0.1) is 3.57 Å². The van der Waals surface area contributed by atoms with Gasteiger partial charge in [0.2, 0.25) is 0 Å². The molecule has 10 heteroatoms. The number of hydrogen-bond acceptors (Lipinski definition) is 7. The van der Waals surface area contributed by atoms with Crippen molar-refractivity contribution in [3.8, 4) is 11.5 Å². The lowest BCUT2D eigenvalue weighted by Crippen LogP contribution is -2.18. The minimum Gasteiger partial charge on any atom is -0.493 e. The Kier molecular flexibility index (Phi) is 8.45. The van der Waals surface area contributed by atoms with Gasteiger partial charge in [0.1, 0.15) is 5.15 Å². The first-order valence-corrected chi connectivity index (χ1v) is 9.51. The van der Waals surface area contributed by atoms with Crippen LogP contribution in [0.1, 0.15) is 22.8 Å². The molecule has 1 N–H and O–H groups in total. The fourth-order valence-corrected chi connectivity index (χ4v) is 3.06. The summed E-state index contributed by atoms with van der Waals surface area (Å²) in [7, 11) is 1.48. The van der Waals surface area contributed by atoms with Crippen LogP contribution in [-0.4, -0.2) is 43.4 Å². The predicted octanol–water partition coefficient (Wildman–Crippen LogP) is 3.05. The number of esters is 1. The summed E-state index contributed by atoms with van der Waals surface area (Å²) in [5.41, 5.74) is 3.26. The Morgan fingerprint density at radius 2 is 2.18 bits per heavy atom. The molecule has 0 unspecified atom stereocenters. The lowest BCUT2D eigenvalue weighted by Gasteiger charge is -2.13. The molecule has 1 aromatic heterocycles. The van der Waals surface area contributed by atoms with Gasteiger partial charge >= 0.3 is 5.97 Å². The molecule has 0 spiro atoms. The number of aromatic nitrogens is 1. The predicted molar refractivity (Wildman–Crippen MR) is 112 cm³/mol. The van der Waals surface area contributed by atoms with Gasteiger partial charge in [-0.3, -0.25) is 4.79 Å². The van der Waals surface area contributed by atoms with Crippen molar-refractivity contribution < 1.29 is 23.8 Å². The summed E-state index contributed by atoms with van der Waals surface area (Å²) in [5, 5.41) is 4.01. The van der Waals surface area contributed by atoms with Crippen LogP contribution in [0.3, 0.4) is 0 Å². The number of halogens is 2. The summed E-state index contributed by atoms with van der Waals surface area (Å²) in [6.07, 6.45) is 2.93. The first kappa shape index (κ1) is 21.9. The molecule has 0 aliphatic carbocycles. The van der Waals surface area contributed by atoms with E-state index in [1.165, 1.54) is 19.5 Å². The number of carbonyl (C=O) groups excluding carboxylic acids is 2. The van der Waals surface area contributed by atoms with Gasteiger partial charge in [0, 0.05) is 6.20 Å². The molecule has 0 aliphatic heterocycles. The van der Waals surface area contributed by atoms with E-state index >= 15 is 0 Å². The molecule has 0 saturated carbocycles. The number of ether oxygens (including phenoxy) is 3. The number of nitrogens with one attached hydrogen (secondary N) is 1. The van der Waals surface area contributed by atoms with Crippen LogP contribution in [-0.2, 0) is 9.53 Å². The fourth-order valence-electron chi connectivity index (χ4n) is 2.07. The number of rotatable bonds is 8. The highest BCUT2D eigenvalue weighted by molar-refractivity contribution is 14.1. The molecule has 0 fully saturated rings. The molecule has 28 heavy (non-hydrogen) atoms. The van der Waals surface area contributed by atoms with E-state index in [9.17, 15) is 9.59 Å². The molecule has 1 amide bonds. The van der Waals surface area contributed by atoms with Gasteiger partial charge in [-0.1, -0.05) is 11.6 Å². The van der Waals surface area contributed by atoms with Crippen molar-refractivity contribution in [1.29, 1.82) is 0 Å². The average Bonchev–Trinajstić information content (AvgIpc) is 2.67. The van der Waals surface area contributed by atoms with E-state index < -0.39 is 11.9 Å². The number of amides is 1. The topological polar surface area (TPSA) is 99.1 Å². The Morgan fingerprint density at radius 1 is 1.39 bits per heavy atom. The fraction of sp³-hybridized carbons (Fsp3) is 0.222. The van der Waals surface area contributed by atoms with E-state index in [4.69, 9.17) is 25.8 Å². The summed E-state index contributed by atoms with van der Waals surface area (Å²) in [4.78, 5) is 27.4. The van der Waals surface area contributed by atoms with Gasteiger partial charge in [-0.2, -0.15) is 5.10 Å². The average molecular weight is 518 g/mol. The standard InChI is InChI=1S/C18H17ClIN3O5/c1-3-27-15(24)10-28-16-13(20)7-11(8-14(16)26-2)9-22-23-18(25)12-5-4-6-21-17(12)19/h4-9H,3,10H2,1-2H3,(H,23,25). The van der Waals surface area contributed by atoms with Crippen molar-refractivity contribution >= 4 is 52.3 Å². The van der Waals surface area contributed by atoms with Crippen LogP contribution < -0.4 is 14.9 Å².